The maximum absolute atomic E-state index is 14.0. The summed E-state index contributed by atoms with van der Waals surface area (Å²) in [6.45, 7) is 0. The molecule has 2 rings (SSSR count). The van der Waals surface area contributed by atoms with Crippen LogP contribution in [0.5, 0.6) is 11.5 Å². The number of hydrogen-bond donors (Lipinski definition) is 0. The third-order valence-electron chi connectivity index (χ3n) is 2.98. The van der Waals surface area contributed by atoms with E-state index < -0.39 is 17.0 Å². The molecule has 0 aliphatic carbocycles. The van der Waals surface area contributed by atoms with Gasteiger partial charge < -0.3 is 9.47 Å². The first-order valence-electron chi connectivity index (χ1n) is 5.97. The molecule has 2 aromatic rings. The first-order valence-corrected chi connectivity index (χ1v) is 7.20. The normalized spacial score (nSPS) is 12.1. The molecule has 0 aliphatic rings. The Balaban J connectivity index is 2.49. The molecule has 0 bridgehead atoms. The zero-order chi connectivity index (χ0) is 15.6. The van der Waals surface area contributed by atoms with Gasteiger partial charge in [0.15, 0.2) is 0 Å². The molecule has 6 heteroatoms. The molecule has 0 aliphatic heterocycles. The van der Waals surface area contributed by atoms with Gasteiger partial charge in [-0.25, -0.2) is 8.78 Å². The fourth-order valence-electron chi connectivity index (χ4n) is 1.89. The van der Waals surface area contributed by atoms with E-state index >= 15 is 0 Å². The maximum atomic E-state index is 14.0. The van der Waals surface area contributed by atoms with Crippen molar-refractivity contribution in [2.24, 2.45) is 0 Å². The van der Waals surface area contributed by atoms with Gasteiger partial charge in [0.25, 0.3) is 0 Å². The van der Waals surface area contributed by atoms with Crippen LogP contribution in [-0.4, -0.2) is 14.2 Å². The average molecular weight is 378 g/mol. The summed E-state index contributed by atoms with van der Waals surface area (Å²) in [7, 11) is 3.00. The number of benzene rings is 2. The quantitative estimate of drug-likeness (QED) is 0.547. The standard InChI is InChI=1S/C15H12BrClF2O2/c1-20-9-3-8(4-10(5-9)21-2)15(17)11-6-14(19)12(16)7-13(11)18/h3-7,15H,1-2H3. The molecule has 0 N–H and O–H groups in total. The molecule has 0 fully saturated rings. The van der Waals surface area contributed by atoms with E-state index in [2.05, 4.69) is 15.9 Å². The van der Waals surface area contributed by atoms with Crippen molar-refractivity contribution in [3.63, 3.8) is 0 Å². The van der Waals surface area contributed by atoms with Gasteiger partial charge >= 0.3 is 0 Å². The van der Waals surface area contributed by atoms with Crippen molar-refractivity contribution in [1.82, 2.24) is 0 Å². The van der Waals surface area contributed by atoms with E-state index in [0.717, 1.165) is 12.1 Å². The van der Waals surface area contributed by atoms with E-state index in [-0.39, 0.29) is 10.0 Å². The third kappa shape index (κ3) is 3.47. The average Bonchev–Trinajstić information content (AvgIpc) is 2.49. The summed E-state index contributed by atoms with van der Waals surface area (Å²) in [6.07, 6.45) is 0. The number of methoxy groups -OCH3 is 2. The van der Waals surface area contributed by atoms with Gasteiger partial charge in [-0.3, -0.25) is 0 Å². The predicted octanol–water partition coefficient (Wildman–Crippen LogP) is 5.07. The highest BCUT2D eigenvalue weighted by Gasteiger charge is 2.19. The molecule has 0 radical (unpaired) electrons. The Morgan fingerprint density at radius 2 is 1.52 bits per heavy atom. The Morgan fingerprint density at radius 1 is 0.952 bits per heavy atom. The molecule has 0 saturated heterocycles. The minimum atomic E-state index is -0.864. The minimum absolute atomic E-state index is 0.0488. The van der Waals surface area contributed by atoms with Crippen molar-refractivity contribution < 1.29 is 18.3 Å². The zero-order valence-electron chi connectivity index (χ0n) is 11.3. The summed E-state index contributed by atoms with van der Waals surface area (Å²) < 4.78 is 37.9. The molecule has 1 atom stereocenters. The van der Waals surface area contributed by atoms with Crippen LogP contribution < -0.4 is 9.47 Å². The lowest BCUT2D eigenvalue weighted by molar-refractivity contribution is 0.393. The highest BCUT2D eigenvalue weighted by Crippen LogP contribution is 2.36. The smallest absolute Gasteiger partial charge is 0.137 e. The molecule has 0 amide bonds. The molecule has 0 aromatic heterocycles. The lowest BCUT2D eigenvalue weighted by atomic mass is 10.0. The van der Waals surface area contributed by atoms with Gasteiger partial charge in [-0.05, 0) is 45.8 Å². The minimum Gasteiger partial charge on any atom is -0.497 e. The van der Waals surface area contributed by atoms with Crippen molar-refractivity contribution >= 4 is 27.5 Å². The fraction of sp³-hybridized carbons (Fsp3) is 0.200. The number of halogens is 4. The van der Waals surface area contributed by atoms with Crippen LogP contribution in [0.4, 0.5) is 8.78 Å². The van der Waals surface area contributed by atoms with Crippen molar-refractivity contribution in [3.8, 4) is 11.5 Å². The van der Waals surface area contributed by atoms with E-state index in [1.54, 1.807) is 18.2 Å². The van der Waals surface area contributed by atoms with Crippen molar-refractivity contribution in [2.75, 3.05) is 14.2 Å². The molecular weight excluding hydrogens is 366 g/mol. The summed E-state index contributed by atoms with van der Waals surface area (Å²) in [5.41, 5.74) is 0.598. The van der Waals surface area contributed by atoms with Gasteiger partial charge in [0, 0.05) is 11.6 Å². The van der Waals surface area contributed by atoms with Crippen molar-refractivity contribution in [3.05, 3.63) is 57.6 Å². The molecular formula is C15H12BrClF2O2. The van der Waals surface area contributed by atoms with Crippen LogP contribution in [-0.2, 0) is 0 Å². The van der Waals surface area contributed by atoms with Crippen LogP contribution in [0.25, 0.3) is 0 Å². The van der Waals surface area contributed by atoms with Gasteiger partial charge in [-0.15, -0.1) is 11.6 Å². The van der Waals surface area contributed by atoms with Crippen LogP contribution in [0.1, 0.15) is 16.5 Å². The highest BCUT2D eigenvalue weighted by atomic mass is 79.9. The van der Waals surface area contributed by atoms with E-state index in [4.69, 9.17) is 21.1 Å². The van der Waals surface area contributed by atoms with Crippen LogP contribution >= 0.6 is 27.5 Å². The molecule has 0 saturated carbocycles. The third-order valence-corrected chi connectivity index (χ3v) is 4.07. The largest absolute Gasteiger partial charge is 0.497 e. The van der Waals surface area contributed by atoms with E-state index in [9.17, 15) is 8.78 Å². The Bertz CT molecular complexity index is 642. The fourth-order valence-corrected chi connectivity index (χ4v) is 2.50. The second-order valence-electron chi connectivity index (χ2n) is 4.30. The van der Waals surface area contributed by atoms with Gasteiger partial charge in [0.05, 0.1) is 24.1 Å². The number of hydrogen-bond acceptors (Lipinski definition) is 2. The Hall–Kier alpha value is -1.33. The van der Waals surface area contributed by atoms with E-state index in [1.807, 2.05) is 0 Å². The van der Waals surface area contributed by atoms with Crippen LogP contribution in [0.15, 0.2) is 34.8 Å². The van der Waals surface area contributed by atoms with Crippen molar-refractivity contribution in [2.45, 2.75) is 5.38 Å². The Labute approximate surface area is 134 Å². The second kappa shape index (κ2) is 6.62. The number of ether oxygens (including phenoxy) is 2. The van der Waals surface area contributed by atoms with Crippen LogP contribution in [0.2, 0.25) is 0 Å². The number of rotatable bonds is 4. The monoisotopic (exact) mass is 376 g/mol. The topological polar surface area (TPSA) is 18.5 Å². The van der Waals surface area contributed by atoms with Gasteiger partial charge in [0.1, 0.15) is 23.1 Å². The number of alkyl halides is 1. The first kappa shape index (κ1) is 16.0. The molecule has 112 valence electrons. The molecule has 2 aromatic carbocycles. The summed E-state index contributed by atoms with van der Waals surface area (Å²) in [6, 6.07) is 7.10. The molecule has 0 spiro atoms. The molecule has 1 unspecified atom stereocenters. The highest BCUT2D eigenvalue weighted by molar-refractivity contribution is 9.10. The van der Waals surface area contributed by atoms with Crippen LogP contribution in [0, 0.1) is 11.6 Å². The Kier molecular flexibility index (Phi) is 5.06. The summed E-state index contributed by atoms with van der Waals surface area (Å²) >= 11 is 9.22. The second-order valence-corrected chi connectivity index (χ2v) is 5.59. The Morgan fingerprint density at radius 3 is 2.05 bits per heavy atom. The first-order chi connectivity index (χ1) is 9.96. The van der Waals surface area contributed by atoms with E-state index in [0.29, 0.717) is 17.1 Å². The lowest BCUT2D eigenvalue weighted by Gasteiger charge is -2.15. The molecule has 2 nitrogen and oxygen atoms in total. The van der Waals surface area contributed by atoms with E-state index in [1.165, 1.54) is 14.2 Å². The van der Waals surface area contributed by atoms with Crippen LogP contribution in [0.3, 0.4) is 0 Å². The zero-order valence-corrected chi connectivity index (χ0v) is 13.6. The lowest BCUT2D eigenvalue weighted by Crippen LogP contribution is -2.00. The predicted molar refractivity (Wildman–Crippen MR) is 81.3 cm³/mol. The summed E-state index contributed by atoms with van der Waals surface area (Å²) in [4.78, 5) is 0. The molecule has 21 heavy (non-hydrogen) atoms. The SMILES string of the molecule is COc1cc(OC)cc(C(Cl)c2cc(F)c(Br)cc2F)c1. The molecule has 0 heterocycles. The maximum Gasteiger partial charge on any atom is 0.137 e. The van der Waals surface area contributed by atoms with Gasteiger partial charge in [0.2, 0.25) is 0 Å². The van der Waals surface area contributed by atoms with Gasteiger partial charge in [-0.1, -0.05) is 0 Å². The van der Waals surface area contributed by atoms with Gasteiger partial charge in [-0.2, -0.15) is 0 Å². The summed E-state index contributed by atoms with van der Waals surface area (Å²) in [5.74, 6) is -0.127. The summed E-state index contributed by atoms with van der Waals surface area (Å²) in [5, 5.41) is -0.864. The van der Waals surface area contributed by atoms with Crippen molar-refractivity contribution in [1.29, 1.82) is 0 Å².